The average molecular weight is 243 g/mol. The highest BCUT2D eigenvalue weighted by molar-refractivity contribution is 5.58. The van der Waals surface area contributed by atoms with Gasteiger partial charge in [-0.25, -0.2) is 4.39 Å². The van der Waals surface area contributed by atoms with Crippen LogP contribution in [0.5, 0.6) is 0 Å². The zero-order valence-electron chi connectivity index (χ0n) is 9.48. The summed E-state index contributed by atoms with van der Waals surface area (Å²) in [5.41, 5.74) is 0.774. The van der Waals surface area contributed by atoms with E-state index < -0.39 is 0 Å². The van der Waals surface area contributed by atoms with Gasteiger partial charge in [0.1, 0.15) is 11.9 Å². The number of nitriles is 1. The van der Waals surface area contributed by atoms with Crippen LogP contribution in [0, 0.1) is 17.1 Å². The van der Waals surface area contributed by atoms with E-state index in [9.17, 15) is 4.39 Å². The van der Waals surface area contributed by atoms with E-state index in [0.29, 0.717) is 12.1 Å². The minimum absolute atomic E-state index is 0.163. The van der Waals surface area contributed by atoms with Crippen molar-refractivity contribution < 1.29 is 8.81 Å². The maximum absolute atomic E-state index is 12.8. The number of aromatic nitrogens is 1. The number of halogens is 1. The third-order valence-corrected chi connectivity index (χ3v) is 2.23. The van der Waals surface area contributed by atoms with Crippen molar-refractivity contribution in [3.63, 3.8) is 0 Å². The summed E-state index contributed by atoms with van der Waals surface area (Å²) in [4.78, 5) is 4.03. The van der Waals surface area contributed by atoms with Gasteiger partial charge in [-0.05, 0) is 24.3 Å². The lowest BCUT2D eigenvalue weighted by atomic mass is 10.2. The van der Waals surface area contributed by atoms with Gasteiger partial charge in [0.25, 0.3) is 0 Å². The van der Waals surface area contributed by atoms with E-state index in [4.69, 9.17) is 9.68 Å². The van der Waals surface area contributed by atoms with Crippen LogP contribution in [0.4, 0.5) is 10.3 Å². The van der Waals surface area contributed by atoms with Crippen molar-refractivity contribution >= 4 is 5.88 Å². The molecule has 18 heavy (non-hydrogen) atoms. The van der Waals surface area contributed by atoms with E-state index >= 15 is 0 Å². The molecule has 0 atom stereocenters. The van der Waals surface area contributed by atoms with Crippen molar-refractivity contribution in [2.45, 2.75) is 0 Å². The molecule has 1 aromatic heterocycles. The highest BCUT2D eigenvalue weighted by Gasteiger charge is 2.13. The van der Waals surface area contributed by atoms with E-state index in [1.807, 2.05) is 6.07 Å². The van der Waals surface area contributed by atoms with Crippen molar-refractivity contribution in [3.8, 4) is 17.5 Å². The highest BCUT2D eigenvalue weighted by Crippen LogP contribution is 2.25. The molecule has 0 radical (unpaired) electrons. The van der Waals surface area contributed by atoms with E-state index in [1.165, 1.54) is 12.1 Å². The number of rotatable bonds is 4. The maximum atomic E-state index is 12.8. The summed E-state index contributed by atoms with van der Waals surface area (Å²) < 4.78 is 18.2. The minimum Gasteiger partial charge on any atom is -0.419 e. The quantitative estimate of drug-likeness (QED) is 0.838. The van der Waals surface area contributed by atoms with Crippen LogP contribution in [0.3, 0.4) is 0 Å². The number of anilines is 1. The normalized spacial score (nSPS) is 9.78. The lowest BCUT2D eigenvalue weighted by Crippen LogP contribution is -1.97. The minimum atomic E-state index is -0.337. The molecular weight excluding hydrogens is 233 g/mol. The second-order valence-electron chi connectivity index (χ2n) is 3.49. The predicted molar refractivity (Wildman–Crippen MR) is 65.3 cm³/mol. The van der Waals surface area contributed by atoms with Gasteiger partial charge in [-0.3, -0.25) is 0 Å². The number of benzene rings is 1. The Kier molecular flexibility index (Phi) is 3.39. The third kappa shape index (κ3) is 2.38. The van der Waals surface area contributed by atoms with E-state index in [-0.39, 0.29) is 23.3 Å². The van der Waals surface area contributed by atoms with Crippen LogP contribution in [-0.4, -0.2) is 11.5 Å². The Balaban J connectivity index is 2.34. The van der Waals surface area contributed by atoms with Crippen molar-refractivity contribution in [1.82, 2.24) is 4.98 Å². The fourth-order valence-corrected chi connectivity index (χ4v) is 1.40. The molecular formula is C13H10FN3O. The Morgan fingerprint density at radius 2 is 2.17 bits per heavy atom. The first kappa shape index (κ1) is 11.9. The first-order valence-electron chi connectivity index (χ1n) is 5.26. The fraction of sp³-hybridized carbons (Fsp3) is 0.0769. The summed E-state index contributed by atoms with van der Waals surface area (Å²) in [6.07, 6.45) is 1.64. The first-order chi connectivity index (χ1) is 8.74. The van der Waals surface area contributed by atoms with Gasteiger partial charge in [-0.1, -0.05) is 6.08 Å². The Labute approximate surface area is 103 Å². The number of hydrogen-bond acceptors (Lipinski definition) is 4. The molecule has 2 rings (SSSR count). The smallest absolute Gasteiger partial charge is 0.232 e. The largest absolute Gasteiger partial charge is 0.419 e. The van der Waals surface area contributed by atoms with Crippen molar-refractivity contribution in [3.05, 3.63) is 48.4 Å². The second kappa shape index (κ2) is 5.15. The molecule has 0 amide bonds. The molecule has 0 fully saturated rings. The summed E-state index contributed by atoms with van der Waals surface area (Å²) in [5.74, 6) is 0.227. The molecule has 1 heterocycles. The van der Waals surface area contributed by atoms with Gasteiger partial charge in [-0.15, -0.1) is 6.58 Å². The Hall–Kier alpha value is -2.61. The van der Waals surface area contributed by atoms with Crippen molar-refractivity contribution in [2.75, 3.05) is 11.9 Å². The SMILES string of the molecule is C=CCNc1oc(-c2ccc(F)cc2)nc1C#N. The summed E-state index contributed by atoms with van der Waals surface area (Å²) in [6.45, 7) is 4.02. The van der Waals surface area contributed by atoms with Gasteiger partial charge in [0, 0.05) is 12.1 Å². The molecule has 1 N–H and O–H groups in total. The lowest BCUT2D eigenvalue weighted by Gasteiger charge is -1.97. The molecule has 2 aromatic rings. The molecule has 1 aromatic carbocycles. The van der Waals surface area contributed by atoms with Gasteiger partial charge in [-0.2, -0.15) is 10.2 Å². The zero-order valence-corrected chi connectivity index (χ0v) is 9.48. The summed E-state index contributed by atoms with van der Waals surface area (Å²) >= 11 is 0. The first-order valence-corrected chi connectivity index (χ1v) is 5.26. The molecule has 0 saturated heterocycles. The predicted octanol–water partition coefficient (Wildman–Crippen LogP) is 2.95. The van der Waals surface area contributed by atoms with E-state index in [1.54, 1.807) is 18.2 Å². The molecule has 0 spiro atoms. The van der Waals surface area contributed by atoms with Crippen LogP contribution >= 0.6 is 0 Å². The highest BCUT2D eigenvalue weighted by atomic mass is 19.1. The van der Waals surface area contributed by atoms with E-state index in [0.717, 1.165) is 0 Å². The van der Waals surface area contributed by atoms with Crippen LogP contribution in [0.15, 0.2) is 41.3 Å². The van der Waals surface area contributed by atoms with E-state index in [2.05, 4.69) is 16.9 Å². The Morgan fingerprint density at radius 1 is 1.44 bits per heavy atom. The molecule has 4 nitrogen and oxygen atoms in total. The zero-order chi connectivity index (χ0) is 13.0. The second-order valence-corrected chi connectivity index (χ2v) is 3.49. The average Bonchev–Trinajstić information content (AvgIpc) is 2.80. The van der Waals surface area contributed by atoms with Crippen LogP contribution in [0.1, 0.15) is 5.69 Å². The lowest BCUT2D eigenvalue weighted by molar-refractivity contribution is 0.586. The molecule has 5 heteroatoms. The van der Waals surface area contributed by atoms with Gasteiger partial charge in [0.05, 0.1) is 0 Å². The number of oxazole rings is 1. The molecule has 0 unspecified atom stereocenters. The van der Waals surface area contributed by atoms with Crippen LogP contribution in [0.2, 0.25) is 0 Å². The van der Waals surface area contributed by atoms with Crippen LogP contribution in [-0.2, 0) is 0 Å². The van der Waals surface area contributed by atoms with Gasteiger partial charge in [0.15, 0.2) is 0 Å². The van der Waals surface area contributed by atoms with Gasteiger partial charge in [0.2, 0.25) is 17.5 Å². The fourth-order valence-electron chi connectivity index (χ4n) is 1.40. The molecule has 0 bridgehead atoms. The van der Waals surface area contributed by atoms with Gasteiger partial charge >= 0.3 is 0 Å². The number of nitrogens with zero attached hydrogens (tertiary/aromatic N) is 2. The Morgan fingerprint density at radius 3 is 2.78 bits per heavy atom. The van der Waals surface area contributed by atoms with Crippen LogP contribution in [0.25, 0.3) is 11.5 Å². The summed E-state index contributed by atoms with van der Waals surface area (Å²) in [5, 5.41) is 11.8. The van der Waals surface area contributed by atoms with Crippen LogP contribution < -0.4 is 5.32 Å². The number of nitrogens with one attached hydrogen (secondary N) is 1. The van der Waals surface area contributed by atoms with Crippen molar-refractivity contribution in [2.24, 2.45) is 0 Å². The topological polar surface area (TPSA) is 61.9 Å². The standard InChI is InChI=1S/C13H10FN3O/c1-2-7-16-13-11(8-15)17-12(18-13)9-3-5-10(14)6-4-9/h2-6,16H,1,7H2. The maximum Gasteiger partial charge on any atom is 0.232 e. The third-order valence-electron chi connectivity index (χ3n) is 2.23. The molecule has 90 valence electrons. The molecule has 0 aliphatic heterocycles. The van der Waals surface area contributed by atoms with Crippen molar-refractivity contribution in [1.29, 1.82) is 5.26 Å². The Bertz CT molecular complexity index is 596. The summed E-state index contributed by atoms with van der Waals surface area (Å²) in [6, 6.07) is 7.63. The molecule has 0 aliphatic rings. The molecule has 0 aliphatic carbocycles. The molecule has 0 saturated carbocycles. The monoisotopic (exact) mass is 243 g/mol. The number of hydrogen-bond donors (Lipinski definition) is 1. The van der Waals surface area contributed by atoms with Gasteiger partial charge < -0.3 is 9.73 Å². The summed E-state index contributed by atoms with van der Waals surface area (Å²) in [7, 11) is 0.